The quantitative estimate of drug-likeness (QED) is 0.268. The lowest BCUT2D eigenvalue weighted by Gasteiger charge is -2.35. The van der Waals surface area contributed by atoms with Crippen LogP contribution in [-0.2, 0) is 4.74 Å². The van der Waals surface area contributed by atoms with Gasteiger partial charge in [-0.1, -0.05) is 36.8 Å². The van der Waals surface area contributed by atoms with Gasteiger partial charge >= 0.3 is 0 Å². The first-order chi connectivity index (χ1) is 12.5. The van der Waals surface area contributed by atoms with Gasteiger partial charge < -0.3 is 15.4 Å². The van der Waals surface area contributed by atoms with Crippen molar-refractivity contribution < 1.29 is 4.74 Å². The standard InChI is InChI=1S/C21H36N4O.HI/c1-16-7-9-20(10-8-16)17(2)13-24-21(22-5)23-11-6-12-25-14-18(3)26-19(4)15-25;/h7-10,17-19H,6,11-15H2,1-5H3,(H2,22,23,24);1H. The second-order valence-corrected chi connectivity index (χ2v) is 7.56. The fraction of sp³-hybridized carbons (Fsp3) is 0.667. The number of guanidine groups is 1. The average molecular weight is 488 g/mol. The number of hydrogen-bond acceptors (Lipinski definition) is 3. The van der Waals surface area contributed by atoms with Gasteiger partial charge in [0.2, 0.25) is 0 Å². The number of aliphatic imine (C=N–C) groups is 1. The molecule has 0 spiro atoms. The molecule has 5 nitrogen and oxygen atoms in total. The summed E-state index contributed by atoms with van der Waals surface area (Å²) in [6.45, 7) is 13.6. The van der Waals surface area contributed by atoms with Crippen LogP contribution in [0.15, 0.2) is 29.3 Å². The van der Waals surface area contributed by atoms with Crippen LogP contribution in [0.25, 0.3) is 0 Å². The number of nitrogens with one attached hydrogen (secondary N) is 2. The summed E-state index contributed by atoms with van der Waals surface area (Å²) in [5.41, 5.74) is 2.66. The number of halogens is 1. The van der Waals surface area contributed by atoms with Crippen molar-refractivity contribution in [2.75, 3.05) is 39.8 Å². The molecule has 2 rings (SSSR count). The fourth-order valence-corrected chi connectivity index (χ4v) is 3.46. The molecule has 2 N–H and O–H groups in total. The Morgan fingerprint density at radius 2 is 1.81 bits per heavy atom. The normalized spacial score (nSPS) is 22.0. The lowest BCUT2D eigenvalue weighted by molar-refractivity contribution is -0.0679. The first-order valence-electron chi connectivity index (χ1n) is 9.86. The van der Waals surface area contributed by atoms with E-state index in [0.29, 0.717) is 18.1 Å². The SMILES string of the molecule is CN=C(NCCCN1CC(C)OC(C)C1)NCC(C)c1ccc(C)cc1.I. The Kier molecular flexibility index (Phi) is 11.3. The summed E-state index contributed by atoms with van der Waals surface area (Å²) in [6, 6.07) is 8.77. The van der Waals surface area contributed by atoms with E-state index in [2.05, 4.69) is 72.5 Å². The number of aryl methyl sites for hydroxylation is 1. The molecule has 0 radical (unpaired) electrons. The Morgan fingerprint density at radius 1 is 1.19 bits per heavy atom. The van der Waals surface area contributed by atoms with E-state index in [1.165, 1.54) is 11.1 Å². The van der Waals surface area contributed by atoms with Gasteiger partial charge in [0.05, 0.1) is 12.2 Å². The van der Waals surface area contributed by atoms with E-state index in [0.717, 1.165) is 45.1 Å². The lowest BCUT2D eigenvalue weighted by atomic mass is 10.0. The molecule has 1 aliphatic rings. The molecule has 3 unspecified atom stereocenters. The summed E-state index contributed by atoms with van der Waals surface area (Å²) in [5, 5.41) is 6.87. The van der Waals surface area contributed by atoms with E-state index in [-0.39, 0.29) is 24.0 Å². The molecule has 0 aliphatic carbocycles. The van der Waals surface area contributed by atoms with Gasteiger partial charge in [-0.05, 0) is 38.7 Å². The molecule has 1 aromatic carbocycles. The van der Waals surface area contributed by atoms with Gasteiger partial charge in [-0.25, -0.2) is 0 Å². The van der Waals surface area contributed by atoms with E-state index in [1.54, 1.807) is 0 Å². The van der Waals surface area contributed by atoms with Crippen LogP contribution in [0.5, 0.6) is 0 Å². The maximum atomic E-state index is 5.79. The largest absolute Gasteiger partial charge is 0.373 e. The van der Waals surface area contributed by atoms with Crippen molar-refractivity contribution in [1.29, 1.82) is 0 Å². The van der Waals surface area contributed by atoms with E-state index in [1.807, 2.05) is 7.05 Å². The highest BCUT2D eigenvalue weighted by Gasteiger charge is 2.21. The van der Waals surface area contributed by atoms with E-state index < -0.39 is 0 Å². The number of ether oxygens (including phenoxy) is 1. The third-order valence-corrected chi connectivity index (χ3v) is 4.88. The van der Waals surface area contributed by atoms with Crippen LogP contribution < -0.4 is 10.6 Å². The predicted molar refractivity (Wildman–Crippen MR) is 125 cm³/mol. The summed E-state index contributed by atoms with van der Waals surface area (Å²) < 4.78 is 5.79. The van der Waals surface area contributed by atoms with Gasteiger partial charge in [-0.2, -0.15) is 0 Å². The number of rotatable bonds is 7. The Hall–Kier alpha value is -0.860. The lowest BCUT2D eigenvalue weighted by Crippen LogP contribution is -2.46. The Morgan fingerprint density at radius 3 is 2.41 bits per heavy atom. The third-order valence-electron chi connectivity index (χ3n) is 4.88. The van der Waals surface area contributed by atoms with E-state index in [9.17, 15) is 0 Å². The summed E-state index contributed by atoms with van der Waals surface area (Å²) in [5.74, 6) is 1.33. The molecule has 154 valence electrons. The van der Waals surface area contributed by atoms with Crippen molar-refractivity contribution in [2.45, 2.75) is 52.2 Å². The molecule has 0 bridgehead atoms. The zero-order valence-corrected chi connectivity index (χ0v) is 19.8. The molecule has 0 amide bonds. The van der Waals surface area contributed by atoms with Crippen LogP contribution in [0.4, 0.5) is 0 Å². The molecule has 27 heavy (non-hydrogen) atoms. The Labute approximate surface area is 182 Å². The molecule has 0 aromatic heterocycles. The highest BCUT2D eigenvalue weighted by molar-refractivity contribution is 14.0. The molecule has 3 atom stereocenters. The smallest absolute Gasteiger partial charge is 0.190 e. The summed E-state index contributed by atoms with van der Waals surface area (Å²) in [6.07, 6.45) is 1.78. The van der Waals surface area contributed by atoms with Crippen LogP contribution in [0.3, 0.4) is 0 Å². The topological polar surface area (TPSA) is 48.9 Å². The van der Waals surface area contributed by atoms with Crippen LogP contribution in [0.1, 0.15) is 44.2 Å². The minimum absolute atomic E-state index is 0. The molecule has 1 aromatic rings. The maximum Gasteiger partial charge on any atom is 0.190 e. The number of hydrogen-bond donors (Lipinski definition) is 2. The minimum Gasteiger partial charge on any atom is -0.373 e. The molecule has 1 saturated heterocycles. The molecular formula is C21H37IN4O. The maximum absolute atomic E-state index is 5.79. The van der Waals surface area contributed by atoms with Crippen molar-refractivity contribution in [1.82, 2.24) is 15.5 Å². The van der Waals surface area contributed by atoms with Crippen LogP contribution in [0.2, 0.25) is 0 Å². The predicted octanol–water partition coefficient (Wildman–Crippen LogP) is 3.38. The minimum atomic E-state index is 0. The fourth-order valence-electron chi connectivity index (χ4n) is 3.46. The molecular weight excluding hydrogens is 451 g/mol. The molecule has 1 fully saturated rings. The van der Waals surface area contributed by atoms with Gasteiger partial charge in [0.1, 0.15) is 0 Å². The first kappa shape index (κ1) is 24.2. The van der Waals surface area contributed by atoms with Gasteiger partial charge in [-0.15, -0.1) is 24.0 Å². The molecule has 6 heteroatoms. The van der Waals surface area contributed by atoms with Gasteiger partial charge in [-0.3, -0.25) is 9.89 Å². The van der Waals surface area contributed by atoms with E-state index >= 15 is 0 Å². The van der Waals surface area contributed by atoms with Gasteiger partial charge in [0.25, 0.3) is 0 Å². The molecule has 1 aliphatic heterocycles. The van der Waals surface area contributed by atoms with Crippen molar-refractivity contribution in [2.24, 2.45) is 4.99 Å². The van der Waals surface area contributed by atoms with Gasteiger partial charge in [0.15, 0.2) is 5.96 Å². The number of morpholine rings is 1. The number of benzene rings is 1. The van der Waals surface area contributed by atoms with Crippen molar-refractivity contribution in [3.8, 4) is 0 Å². The zero-order chi connectivity index (χ0) is 18.9. The number of nitrogens with zero attached hydrogens (tertiary/aromatic N) is 2. The summed E-state index contributed by atoms with van der Waals surface area (Å²) in [7, 11) is 1.83. The molecule has 0 saturated carbocycles. The second-order valence-electron chi connectivity index (χ2n) is 7.56. The van der Waals surface area contributed by atoms with Crippen molar-refractivity contribution in [3.63, 3.8) is 0 Å². The third kappa shape index (κ3) is 8.79. The van der Waals surface area contributed by atoms with E-state index in [4.69, 9.17) is 4.74 Å². The van der Waals surface area contributed by atoms with Gasteiger partial charge in [0, 0.05) is 39.8 Å². The average Bonchev–Trinajstić information content (AvgIpc) is 2.60. The summed E-state index contributed by atoms with van der Waals surface area (Å²) >= 11 is 0. The van der Waals surface area contributed by atoms with Crippen LogP contribution in [-0.4, -0.2) is 62.8 Å². The summed E-state index contributed by atoms with van der Waals surface area (Å²) in [4.78, 5) is 6.83. The Balaban J connectivity index is 0.00000364. The monoisotopic (exact) mass is 488 g/mol. The highest BCUT2D eigenvalue weighted by Crippen LogP contribution is 2.14. The van der Waals surface area contributed by atoms with Crippen LogP contribution >= 0.6 is 24.0 Å². The zero-order valence-electron chi connectivity index (χ0n) is 17.5. The first-order valence-corrected chi connectivity index (χ1v) is 9.86. The molecule has 1 heterocycles. The van der Waals surface area contributed by atoms with Crippen molar-refractivity contribution in [3.05, 3.63) is 35.4 Å². The van der Waals surface area contributed by atoms with Crippen molar-refractivity contribution >= 4 is 29.9 Å². The Bertz CT molecular complexity index is 554. The van der Waals surface area contributed by atoms with Crippen LogP contribution in [0, 0.1) is 6.92 Å². The second kappa shape index (κ2) is 12.6. The highest BCUT2D eigenvalue weighted by atomic mass is 127.